The first-order chi connectivity index (χ1) is 3.27. The molecule has 0 aliphatic heterocycles. The van der Waals surface area contributed by atoms with Gasteiger partial charge in [-0.3, -0.25) is 4.79 Å². The molecule has 0 heterocycles. The van der Waals surface area contributed by atoms with E-state index >= 15 is 0 Å². The molecule has 0 fully saturated rings. The van der Waals surface area contributed by atoms with E-state index in [9.17, 15) is 4.79 Å². The Morgan fingerprint density at radius 3 is 2.57 bits per heavy atom. The lowest BCUT2D eigenvalue weighted by molar-refractivity contribution is -0.143. The molecule has 0 radical (unpaired) electrons. The Kier molecular flexibility index (Phi) is 3.83. The standard InChI is InChI=1S/C3H7NO2S/c1-3(5)6-4-7-2/h4H,1-2H3. The predicted molar refractivity (Wildman–Crippen MR) is 28.4 cm³/mol. The van der Waals surface area contributed by atoms with Crippen molar-refractivity contribution >= 4 is 17.9 Å². The summed E-state index contributed by atoms with van der Waals surface area (Å²) in [6, 6.07) is 0. The molecule has 0 aromatic carbocycles. The van der Waals surface area contributed by atoms with Gasteiger partial charge in [0.05, 0.1) is 0 Å². The summed E-state index contributed by atoms with van der Waals surface area (Å²) in [7, 11) is 0. The van der Waals surface area contributed by atoms with E-state index in [1.165, 1.54) is 18.9 Å². The Bertz CT molecular complexity index is 66.0. The summed E-state index contributed by atoms with van der Waals surface area (Å²) < 4.78 is 0. The van der Waals surface area contributed by atoms with Crippen LogP contribution in [0.4, 0.5) is 0 Å². The zero-order valence-electron chi connectivity index (χ0n) is 4.22. The molecule has 0 saturated carbocycles. The van der Waals surface area contributed by atoms with Crippen molar-refractivity contribution in [2.24, 2.45) is 0 Å². The monoisotopic (exact) mass is 121 g/mol. The van der Waals surface area contributed by atoms with Crippen molar-refractivity contribution in [3.63, 3.8) is 0 Å². The molecule has 0 aliphatic rings. The smallest absolute Gasteiger partial charge is 0.322 e. The van der Waals surface area contributed by atoms with Gasteiger partial charge in [-0.2, -0.15) is 0 Å². The first kappa shape index (κ1) is 6.78. The minimum atomic E-state index is -0.325. The fourth-order valence-electron chi connectivity index (χ4n) is 0.100. The van der Waals surface area contributed by atoms with Crippen LogP contribution in [0, 0.1) is 0 Å². The van der Waals surface area contributed by atoms with Crippen molar-refractivity contribution in [3.05, 3.63) is 0 Å². The van der Waals surface area contributed by atoms with Crippen LogP contribution in [-0.2, 0) is 9.63 Å². The third kappa shape index (κ3) is 5.78. The van der Waals surface area contributed by atoms with Crippen LogP contribution in [0.5, 0.6) is 0 Å². The minimum Gasteiger partial charge on any atom is -0.360 e. The molecular weight excluding hydrogens is 114 g/mol. The lowest BCUT2D eigenvalue weighted by atomic mass is 10.8. The van der Waals surface area contributed by atoms with E-state index in [0.29, 0.717) is 0 Å². The third-order valence-electron chi connectivity index (χ3n) is 0.269. The van der Waals surface area contributed by atoms with Gasteiger partial charge in [0.1, 0.15) is 0 Å². The maximum atomic E-state index is 9.90. The highest BCUT2D eigenvalue weighted by atomic mass is 32.2. The third-order valence-corrected chi connectivity index (χ3v) is 0.519. The second-order valence-corrected chi connectivity index (χ2v) is 1.46. The molecule has 0 atom stereocenters. The Morgan fingerprint density at radius 1 is 1.86 bits per heavy atom. The molecular formula is C3H7NO2S. The summed E-state index contributed by atoms with van der Waals surface area (Å²) in [5, 5.41) is 0. The summed E-state index contributed by atoms with van der Waals surface area (Å²) in [6.45, 7) is 1.34. The fourth-order valence-corrected chi connectivity index (χ4v) is 0.301. The molecule has 0 aliphatic carbocycles. The van der Waals surface area contributed by atoms with Gasteiger partial charge < -0.3 is 4.84 Å². The summed E-state index contributed by atoms with van der Waals surface area (Å²) in [5.41, 5.74) is 0. The lowest BCUT2D eigenvalue weighted by Gasteiger charge is -1.94. The minimum absolute atomic E-state index is 0.325. The normalized spacial score (nSPS) is 8.29. The zero-order chi connectivity index (χ0) is 5.70. The van der Waals surface area contributed by atoms with Crippen LogP contribution in [0.15, 0.2) is 0 Å². The highest BCUT2D eigenvalue weighted by molar-refractivity contribution is 7.96. The van der Waals surface area contributed by atoms with Crippen LogP contribution in [0.2, 0.25) is 0 Å². The van der Waals surface area contributed by atoms with Gasteiger partial charge in [0.15, 0.2) is 0 Å². The van der Waals surface area contributed by atoms with Gasteiger partial charge in [-0.25, -0.2) is 0 Å². The second kappa shape index (κ2) is 3.95. The first-order valence-corrected chi connectivity index (χ1v) is 2.95. The van der Waals surface area contributed by atoms with Gasteiger partial charge in [0.25, 0.3) is 0 Å². The van der Waals surface area contributed by atoms with Crippen molar-refractivity contribution in [3.8, 4) is 0 Å². The second-order valence-electron chi connectivity index (χ2n) is 0.881. The van der Waals surface area contributed by atoms with Gasteiger partial charge in [-0.15, -0.1) is 0 Å². The van der Waals surface area contributed by atoms with Gasteiger partial charge >= 0.3 is 5.97 Å². The van der Waals surface area contributed by atoms with E-state index in [4.69, 9.17) is 0 Å². The van der Waals surface area contributed by atoms with Crippen molar-refractivity contribution in [2.75, 3.05) is 6.26 Å². The van der Waals surface area contributed by atoms with E-state index in [1.54, 1.807) is 6.26 Å². The van der Waals surface area contributed by atoms with E-state index in [0.717, 1.165) is 0 Å². The average Bonchev–Trinajstić information content (AvgIpc) is 1.61. The van der Waals surface area contributed by atoms with Crippen molar-refractivity contribution < 1.29 is 9.63 Å². The van der Waals surface area contributed by atoms with Gasteiger partial charge in [0, 0.05) is 6.92 Å². The van der Waals surface area contributed by atoms with E-state index < -0.39 is 0 Å². The molecule has 0 saturated heterocycles. The average molecular weight is 121 g/mol. The van der Waals surface area contributed by atoms with E-state index in [1.807, 2.05) is 0 Å². The molecule has 3 nitrogen and oxygen atoms in total. The van der Waals surface area contributed by atoms with E-state index in [2.05, 4.69) is 9.72 Å². The molecule has 0 aromatic heterocycles. The van der Waals surface area contributed by atoms with Crippen molar-refractivity contribution in [1.29, 1.82) is 0 Å². The Morgan fingerprint density at radius 2 is 2.43 bits per heavy atom. The fraction of sp³-hybridized carbons (Fsp3) is 0.667. The van der Waals surface area contributed by atoms with E-state index in [-0.39, 0.29) is 5.97 Å². The summed E-state index contributed by atoms with van der Waals surface area (Å²) in [6.07, 6.45) is 1.77. The molecule has 0 aromatic rings. The van der Waals surface area contributed by atoms with Gasteiger partial charge in [-0.05, 0) is 18.2 Å². The molecule has 0 bridgehead atoms. The maximum Gasteiger partial charge on any atom is 0.322 e. The summed E-state index contributed by atoms with van der Waals surface area (Å²) >= 11 is 1.24. The van der Waals surface area contributed by atoms with Crippen LogP contribution in [0.25, 0.3) is 0 Å². The van der Waals surface area contributed by atoms with Crippen LogP contribution in [-0.4, -0.2) is 12.2 Å². The summed E-state index contributed by atoms with van der Waals surface area (Å²) in [5.74, 6) is -0.325. The van der Waals surface area contributed by atoms with Crippen LogP contribution in [0.1, 0.15) is 6.92 Å². The molecule has 4 heteroatoms. The number of nitrogens with one attached hydrogen (secondary N) is 1. The topological polar surface area (TPSA) is 38.3 Å². The predicted octanol–water partition coefficient (Wildman–Crippen LogP) is 0.332. The molecule has 0 rings (SSSR count). The summed E-state index contributed by atoms with van der Waals surface area (Å²) in [4.78, 5) is 16.5. The van der Waals surface area contributed by atoms with Crippen LogP contribution in [0.3, 0.4) is 0 Å². The quantitative estimate of drug-likeness (QED) is 0.422. The SMILES string of the molecule is CSNOC(C)=O. The maximum absolute atomic E-state index is 9.90. The Balaban J connectivity index is 2.82. The highest BCUT2D eigenvalue weighted by Crippen LogP contribution is 1.80. The zero-order valence-corrected chi connectivity index (χ0v) is 5.04. The number of hydrogen-bond donors (Lipinski definition) is 1. The largest absolute Gasteiger partial charge is 0.360 e. The van der Waals surface area contributed by atoms with Crippen molar-refractivity contribution in [1.82, 2.24) is 4.89 Å². The van der Waals surface area contributed by atoms with Gasteiger partial charge in [-0.1, -0.05) is 4.89 Å². The van der Waals surface area contributed by atoms with Crippen LogP contribution < -0.4 is 4.89 Å². The molecule has 0 unspecified atom stereocenters. The number of hydrogen-bond acceptors (Lipinski definition) is 4. The lowest BCUT2D eigenvalue weighted by Crippen LogP contribution is -2.08. The molecule has 1 N–H and O–H groups in total. The number of carbonyl (C=O) groups excluding carboxylic acids is 1. The Labute approximate surface area is 46.5 Å². The molecule has 0 spiro atoms. The number of carbonyl (C=O) groups is 1. The van der Waals surface area contributed by atoms with Gasteiger partial charge in [0.2, 0.25) is 0 Å². The number of rotatable bonds is 2. The van der Waals surface area contributed by atoms with Crippen molar-refractivity contribution in [2.45, 2.75) is 6.92 Å². The van der Waals surface area contributed by atoms with Crippen LogP contribution >= 0.6 is 11.9 Å². The molecule has 42 valence electrons. The molecule has 7 heavy (non-hydrogen) atoms. The Hall–Kier alpha value is -0.220. The molecule has 0 amide bonds. The highest BCUT2D eigenvalue weighted by Gasteiger charge is 1.85. The first-order valence-electron chi connectivity index (χ1n) is 1.72.